The summed E-state index contributed by atoms with van der Waals surface area (Å²) in [6.45, 7) is 3.24. The van der Waals surface area contributed by atoms with E-state index >= 15 is 0 Å². The number of likely N-dealkylation sites (tertiary alicyclic amines) is 1. The smallest absolute Gasteiger partial charge is 0.253 e. The number of nitrogens with zero attached hydrogens (tertiary/aromatic N) is 3. The lowest BCUT2D eigenvalue weighted by Gasteiger charge is -2.45. The van der Waals surface area contributed by atoms with Crippen LogP contribution in [0.2, 0.25) is 5.02 Å². The molecule has 2 aromatic rings. The summed E-state index contributed by atoms with van der Waals surface area (Å²) in [4.78, 5) is 28.6. The Morgan fingerprint density at radius 1 is 1.24 bits per heavy atom. The molecule has 0 radical (unpaired) electrons. The molecule has 3 fully saturated rings. The Morgan fingerprint density at radius 2 is 1.97 bits per heavy atom. The van der Waals surface area contributed by atoms with Gasteiger partial charge in [0.25, 0.3) is 10.0 Å². The maximum absolute atomic E-state index is 13.6. The molecule has 3 aliphatic rings. The van der Waals surface area contributed by atoms with E-state index in [-0.39, 0.29) is 41.3 Å². The number of ether oxygens (including phenoxy) is 1. The fraction of sp³-hybridized carbons (Fsp3) is 0.545. The highest BCUT2D eigenvalue weighted by Crippen LogP contribution is 2.40. The number of amides is 2. The first-order valence-electron chi connectivity index (χ1n) is 11.1. The number of nitrogens with one attached hydrogen (secondary N) is 1. The van der Waals surface area contributed by atoms with Crippen LogP contribution in [-0.2, 0) is 24.3 Å². The zero-order valence-electron chi connectivity index (χ0n) is 19.0. The Balaban J connectivity index is 1.45. The number of halogens is 1. The van der Waals surface area contributed by atoms with Crippen molar-refractivity contribution in [3.05, 3.63) is 29.3 Å². The van der Waals surface area contributed by atoms with E-state index in [0.29, 0.717) is 37.5 Å². The van der Waals surface area contributed by atoms with Crippen LogP contribution >= 0.6 is 22.9 Å². The minimum Gasteiger partial charge on any atom is -0.381 e. The third kappa shape index (κ3) is 3.92. The second kappa shape index (κ2) is 8.42. The Bertz CT molecular complexity index is 1260. The summed E-state index contributed by atoms with van der Waals surface area (Å²) >= 11 is 7.22. The van der Waals surface area contributed by atoms with E-state index in [1.165, 1.54) is 4.31 Å². The molecule has 3 saturated heterocycles. The van der Waals surface area contributed by atoms with E-state index in [9.17, 15) is 18.0 Å². The molecule has 0 saturated carbocycles. The van der Waals surface area contributed by atoms with Crippen LogP contribution in [-0.4, -0.2) is 92.0 Å². The number of carbonyl (C=O) groups excluding carboxylic acids is 2. The van der Waals surface area contributed by atoms with Gasteiger partial charge in [-0.25, -0.2) is 8.42 Å². The lowest BCUT2D eigenvalue weighted by Crippen LogP contribution is -2.70. The molecule has 1 aromatic heterocycles. The van der Waals surface area contributed by atoms with Crippen LogP contribution in [0.15, 0.2) is 28.5 Å². The predicted octanol–water partition coefficient (Wildman–Crippen LogP) is 1.71. The first-order valence-corrected chi connectivity index (χ1v) is 13.7. The Kier molecular flexibility index (Phi) is 5.93. The normalized spacial score (nSPS) is 25.3. The van der Waals surface area contributed by atoms with Crippen LogP contribution in [0.5, 0.6) is 0 Å². The SMILES string of the molecule is COCC12CN(S(=O)(=O)c3cc4ccc(Cl)cc4s3)CC(=O)N1CC1(CCN(C(C)=O)CC1)N2. The summed E-state index contributed by atoms with van der Waals surface area (Å²) in [7, 11) is -2.37. The van der Waals surface area contributed by atoms with Crippen molar-refractivity contribution in [2.45, 2.75) is 35.2 Å². The summed E-state index contributed by atoms with van der Waals surface area (Å²) in [5.41, 5.74) is -1.34. The van der Waals surface area contributed by atoms with Gasteiger partial charge in [-0.1, -0.05) is 17.7 Å². The molecule has 9 nitrogen and oxygen atoms in total. The van der Waals surface area contributed by atoms with Crippen LogP contribution in [0.25, 0.3) is 10.1 Å². The Morgan fingerprint density at radius 3 is 2.65 bits per heavy atom. The fourth-order valence-corrected chi connectivity index (χ4v) is 8.70. The van der Waals surface area contributed by atoms with Crippen LogP contribution < -0.4 is 5.32 Å². The number of hydrogen-bond acceptors (Lipinski definition) is 7. The van der Waals surface area contributed by atoms with Gasteiger partial charge in [-0.3, -0.25) is 14.9 Å². The van der Waals surface area contributed by atoms with E-state index in [1.807, 2.05) is 0 Å². The molecule has 4 heterocycles. The van der Waals surface area contributed by atoms with E-state index in [4.69, 9.17) is 16.3 Å². The van der Waals surface area contributed by atoms with E-state index in [2.05, 4.69) is 5.32 Å². The number of piperidine rings is 1. The van der Waals surface area contributed by atoms with Crippen molar-refractivity contribution < 1.29 is 22.7 Å². The van der Waals surface area contributed by atoms with Gasteiger partial charge in [0.05, 0.1) is 19.7 Å². The number of benzene rings is 1. The van der Waals surface area contributed by atoms with Crippen molar-refractivity contribution in [1.29, 1.82) is 0 Å². The number of thiophene rings is 1. The monoisotopic (exact) mass is 526 g/mol. The second-order valence-electron chi connectivity index (χ2n) is 9.38. The average molecular weight is 527 g/mol. The molecule has 3 aliphatic heterocycles. The lowest BCUT2D eigenvalue weighted by atomic mass is 9.88. The molecule has 1 N–H and O–H groups in total. The summed E-state index contributed by atoms with van der Waals surface area (Å²) in [6.07, 6.45) is 1.37. The van der Waals surface area contributed by atoms with Crippen molar-refractivity contribution in [3.63, 3.8) is 0 Å². The van der Waals surface area contributed by atoms with Crippen molar-refractivity contribution in [3.8, 4) is 0 Å². The quantitative estimate of drug-likeness (QED) is 0.651. The molecule has 0 bridgehead atoms. The highest BCUT2D eigenvalue weighted by Gasteiger charge is 2.59. The number of carbonyl (C=O) groups is 2. The average Bonchev–Trinajstić information content (AvgIpc) is 3.34. The predicted molar refractivity (Wildman–Crippen MR) is 129 cm³/mol. The first-order chi connectivity index (χ1) is 16.1. The maximum atomic E-state index is 13.6. The van der Waals surface area contributed by atoms with Gasteiger partial charge >= 0.3 is 0 Å². The number of fused-ring (bicyclic) bond motifs is 2. The van der Waals surface area contributed by atoms with E-state index in [1.54, 1.807) is 48.1 Å². The van der Waals surface area contributed by atoms with E-state index < -0.39 is 15.7 Å². The minimum atomic E-state index is -3.91. The topological polar surface area (TPSA) is 99.3 Å². The van der Waals surface area contributed by atoms with Crippen LogP contribution in [0, 0.1) is 0 Å². The van der Waals surface area contributed by atoms with Crippen LogP contribution in [0.3, 0.4) is 0 Å². The molecule has 1 unspecified atom stereocenters. The number of rotatable bonds is 4. The first kappa shape index (κ1) is 24.0. The third-order valence-electron chi connectivity index (χ3n) is 7.13. The van der Waals surface area contributed by atoms with Gasteiger partial charge in [-0.05, 0) is 36.4 Å². The Labute approximate surface area is 207 Å². The summed E-state index contributed by atoms with van der Waals surface area (Å²) in [5, 5.41) is 4.95. The molecule has 1 atom stereocenters. The molecule has 12 heteroatoms. The zero-order valence-corrected chi connectivity index (χ0v) is 21.4. The molecule has 34 heavy (non-hydrogen) atoms. The van der Waals surface area contributed by atoms with E-state index in [0.717, 1.165) is 21.4 Å². The van der Waals surface area contributed by atoms with Crippen molar-refractivity contribution in [2.24, 2.45) is 0 Å². The van der Waals surface area contributed by atoms with Gasteiger partial charge in [-0.2, -0.15) is 4.31 Å². The molecular weight excluding hydrogens is 500 g/mol. The number of sulfonamides is 1. The number of methoxy groups -OCH3 is 1. The summed E-state index contributed by atoms with van der Waals surface area (Å²) in [6, 6.07) is 6.89. The standard InChI is InChI=1S/C22H27ClN4O5S2/c1-15(28)25-7-5-21(6-8-25)12-27-19(29)11-26(13-22(27,24-21)14-32-2)34(30,31)20-9-16-3-4-17(23)10-18(16)33-20/h3-4,9-10,24H,5-8,11-14H2,1-2H3. The van der Waals surface area contributed by atoms with Gasteiger partial charge in [0, 0.05) is 48.9 Å². The van der Waals surface area contributed by atoms with Crippen molar-refractivity contribution in [1.82, 2.24) is 19.4 Å². The van der Waals surface area contributed by atoms with Crippen LogP contribution in [0.4, 0.5) is 0 Å². The molecule has 184 valence electrons. The number of hydrogen-bond donors (Lipinski definition) is 1. The van der Waals surface area contributed by atoms with Gasteiger partial charge < -0.3 is 14.5 Å². The lowest BCUT2D eigenvalue weighted by molar-refractivity contribution is -0.144. The second-order valence-corrected chi connectivity index (χ2v) is 13.1. The summed E-state index contributed by atoms with van der Waals surface area (Å²) < 4.78 is 35.0. The number of piperazine rings is 1. The fourth-order valence-electron chi connectivity index (χ4n) is 5.43. The van der Waals surface area contributed by atoms with Crippen molar-refractivity contribution >= 4 is 54.9 Å². The largest absolute Gasteiger partial charge is 0.381 e. The van der Waals surface area contributed by atoms with Gasteiger partial charge in [0.1, 0.15) is 9.87 Å². The zero-order chi connectivity index (χ0) is 24.3. The molecule has 0 aliphatic carbocycles. The van der Waals surface area contributed by atoms with Gasteiger partial charge in [0.2, 0.25) is 11.8 Å². The molecule has 2 amide bonds. The molecular formula is C22H27ClN4O5S2. The van der Waals surface area contributed by atoms with Gasteiger partial charge in [-0.15, -0.1) is 11.3 Å². The molecule has 1 spiro atoms. The third-order valence-corrected chi connectivity index (χ3v) is 10.7. The summed E-state index contributed by atoms with van der Waals surface area (Å²) in [5.74, 6) is -0.218. The maximum Gasteiger partial charge on any atom is 0.253 e. The van der Waals surface area contributed by atoms with Crippen LogP contribution in [0.1, 0.15) is 19.8 Å². The minimum absolute atomic E-state index is 0.0372. The Hall–Kier alpha value is -1.76. The highest BCUT2D eigenvalue weighted by molar-refractivity contribution is 7.91. The molecule has 1 aromatic carbocycles. The molecule has 5 rings (SSSR count). The van der Waals surface area contributed by atoms with Crippen molar-refractivity contribution in [2.75, 3.05) is 46.4 Å². The van der Waals surface area contributed by atoms with Gasteiger partial charge in [0.15, 0.2) is 0 Å². The highest BCUT2D eigenvalue weighted by atomic mass is 35.5.